The third-order valence-electron chi connectivity index (χ3n) is 6.61. The van der Waals surface area contributed by atoms with E-state index >= 15 is 0 Å². The average Bonchev–Trinajstić information content (AvgIpc) is 2.95. The van der Waals surface area contributed by atoms with E-state index in [9.17, 15) is 22.8 Å². The zero-order valence-corrected chi connectivity index (χ0v) is 23.7. The molecule has 1 heterocycles. The number of ether oxygens (including phenoxy) is 1. The van der Waals surface area contributed by atoms with Crippen molar-refractivity contribution in [3.63, 3.8) is 0 Å². The highest BCUT2D eigenvalue weighted by molar-refractivity contribution is 6.14. The van der Waals surface area contributed by atoms with Gasteiger partial charge in [0.2, 0.25) is 0 Å². The molecule has 0 unspecified atom stereocenters. The Morgan fingerprint density at radius 3 is 2.38 bits per heavy atom. The number of amides is 2. The lowest BCUT2D eigenvalue weighted by atomic mass is 10.0. The molecular formula is C31H32F3N5O3. The number of anilines is 2. The maximum Gasteiger partial charge on any atom is 0.416 e. The van der Waals surface area contributed by atoms with Gasteiger partial charge in [0.05, 0.1) is 16.9 Å². The molecule has 0 radical (unpaired) electrons. The SMILES string of the molecule is CNC(=O)c1cc(Oc2ccc3c(C(=O)Nc4cc(C(F)(F)F)ccc4N(C)CCCN(C)C)cccc3c2)ccn1. The summed E-state index contributed by atoms with van der Waals surface area (Å²) in [5.41, 5.74) is 0.206. The van der Waals surface area contributed by atoms with Gasteiger partial charge in [-0.15, -0.1) is 0 Å². The summed E-state index contributed by atoms with van der Waals surface area (Å²) in [6, 6.07) is 16.7. The van der Waals surface area contributed by atoms with Crippen molar-refractivity contribution >= 4 is 34.0 Å². The fraction of sp³-hybridized carbons (Fsp3) is 0.258. The number of pyridine rings is 1. The summed E-state index contributed by atoms with van der Waals surface area (Å²) in [6.07, 6.45) is -2.31. The first-order valence-electron chi connectivity index (χ1n) is 13.2. The molecule has 0 aliphatic carbocycles. The fourth-order valence-electron chi connectivity index (χ4n) is 4.47. The van der Waals surface area contributed by atoms with Crippen LogP contribution in [0.1, 0.15) is 32.8 Å². The predicted octanol–water partition coefficient (Wildman–Crippen LogP) is 6.05. The summed E-state index contributed by atoms with van der Waals surface area (Å²) in [5, 5.41) is 6.51. The van der Waals surface area contributed by atoms with Crippen LogP contribution >= 0.6 is 0 Å². The van der Waals surface area contributed by atoms with E-state index in [0.717, 1.165) is 25.1 Å². The van der Waals surface area contributed by atoms with Gasteiger partial charge in [0.15, 0.2) is 0 Å². The minimum atomic E-state index is -4.56. The number of halogens is 3. The lowest BCUT2D eigenvalue weighted by Crippen LogP contribution is -2.25. The number of fused-ring (bicyclic) bond motifs is 1. The van der Waals surface area contributed by atoms with Crippen LogP contribution in [0.25, 0.3) is 10.8 Å². The first kappa shape index (κ1) is 30.3. The Balaban J connectivity index is 1.61. The summed E-state index contributed by atoms with van der Waals surface area (Å²) < 4.78 is 46.6. The van der Waals surface area contributed by atoms with Gasteiger partial charge < -0.3 is 25.2 Å². The lowest BCUT2D eigenvalue weighted by Gasteiger charge is -2.24. The first-order valence-corrected chi connectivity index (χ1v) is 13.2. The van der Waals surface area contributed by atoms with Crippen LogP contribution in [-0.2, 0) is 6.18 Å². The van der Waals surface area contributed by atoms with E-state index in [2.05, 4.69) is 15.6 Å². The zero-order valence-electron chi connectivity index (χ0n) is 23.7. The number of aromatic nitrogens is 1. The zero-order chi connectivity index (χ0) is 30.4. The average molecular weight is 580 g/mol. The number of rotatable bonds is 10. The number of alkyl halides is 3. The molecule has 0 aliphatic heterocycles. The highest BCUT2D eigenvalue weighted by atomic mass is 19.4. The van der Waals surface area contributed by atoms with Gasteiger partial charge in [-0.1, -0.05) is 12.1 Å². The van der Waals surface area contributed by atoms with Gasteiger partial charge in [0.1, 0.15) is 17.2 Å². The van der Waals surface area contributed by atoms with Crippen LogP contribution in [-0.4, -0.2) is 63.0 Å². The molecule has 0 saturated heterocycles. The van der Waals surface area contributed by atoms with E-state index in [4.69, 9.17) is 4.74 Å². The van der Waals surface area contributed by atoms with E-state index in [1.54, 1.807) is 49.5 Å². The molecule has 3 aromatic carbocycles. The summed E-state index contributed by atoms with van der Waals surface area (Å²) in [7, 11) is 7.19. The third-order valence-corrected chi connectivity index (χ3v) is 6.61. The van der Waals surface area contributed by atoms with Crippen LogP contribution in [0.2, 0.25) is 0 Å². The number of hydrogen-bond acceptors (Lipinski definition) is 6. The van der Waals surface area contributed by atoms with Crippen molar-refractivity contribution in [2.75, 3.05) is 51.5 Å². The van der Waals surface area contributed by atoms with Crippen LogP contribution in [0.5, 0.6) is 11.5 Å². The fourth-order valence-corrected chi connectivity index (χ4v) is 4.47. The summed E-state index contributed by atoms with van der Waals surface area (Å²) in [6.45, 7) is 1.40. The molecule has 0 spiro atoms. The van der Waals surface area contributed by atoms with Gasteiger partial charge in [-0.25, -0.2) is 0 Å². The second kappa shape index (κ2) is 12.9. The Kier molecular flexibility index (Phi) is 9.31. The molecule has 1 aromatic heterocycles. The van der Waals surface area contributed by atoms with Crippen molar-refractivity contribution in [1.82, 2.24) is 15.2 Å². The molecule has 2 N–H and O–H groups in total. The molecule has 2 amide bonds. The molecule has 42 heavy (non-hydrogen) atoms. The van der Waals surface area contributed by atoms with E-state index in [0.29, 0.717) is 40.1 Å². The van der Waals surface area contributed by atoms with Gasteiger partial charge >= 0.3 is 6.18 Å². The van der Waals surface area contributed by atoms with Crippen LogP contribution in [0.4, 0.5) is 24.5 Å². The van der Waals surface area contributed by atoms with Crippen molar-refractivity contribution in [2.24, 2.45) is 0 Å². The highest BCUT2D eigenvalue weighted by Gasteiger charge is 2.31. The summed E-state index contributed by atoms with van der Waals surface area (Å²) in [4.78, 5) is 33.3. The van der Waals surface area contributed by atoms with Gasteiger partial charge in [0, 0.05) is 38.5 Å². The number of carbonyl (C=O) groups excluding carboxylic acids is 2. The molecule has 0 saturated carbocycles. The van der Waals surface area contributed by atoms with Crippen molar-refractivity contribution in [3.05, 3.63) is 89.7 Å². The van der Waals surface area contributed by atoms with Gasteiger partial charge in [-0.2, -0.15) is 13.2 Å². The Morgan fingerprint density at radius 2 is 1.67 bits per heavy atom. The minimum Gasteiger partial charge on any atom is -0.457 e. The van der Waals surface area contributed by atoms with Crippen molar-refractivity contribution < 1.29 is 27.5 Å². The Bertz CT molecular complexity index is 1590. The van der Waals surface area contributed by atoms with Gasteiger partial charge in [-0.3, -0.25) is 14.6 Å². The second-order valence-electron chi connectivity index (χ2n) is 10.0. The van der Waals surface area contributed by atoms with Crippen molar-refractivity contribution in [2.45, 2.75) is 12.6 Å². The molecule has 8 nitrogen and oxygen atoms in total. The summed E-state index contributed by atoms with van der Waals surface area (Å²) >= 11 is 0. The monoisotopic (exact) mass is 579 g/mol. The number of carbonyl (C=O) groups is 2. The van der Waals surface area contributed by atoms with E-state index in [1.807, 2.05) is 23.9 Å². The smallest absolute Gasteiger partial charge is 0.416 e. The van der Waals surface area contributed by atoms with Crippen LogP contribution in [0.15, 0.2) is 72.9 Å². The normalized spacial score (nSPS) is 11.4. The van der Waals surface area contributed by atoms with E-state index in [1.165, 1.54) is 25.4 Å². The standard InChI is InChI=1S/C31H32F3N5O3/c1-35-30(41)27-19-23(13-14-36-27)42-22-10-11-24-20(17-22)7-5-8-25(24)29(40)37-26-18-21(31(32,33)34)9-12-28(26)39(4)16-6-15-38(2)3/h5,7-14,17-19H,6,15-16H2,1-4H3,(H,35,41)(H,37,40). The maximum atomic E-state index is 13.6. The van der Waals surface area contributed by atoms with E-state index < -0.39 is 17.6 Å². The van der Waals surface area contributed by atoms with Gasteiger partial charge in [0.25, 0.3) is 11.8 Å². The Labute approximate surface area is 242 Å². The topological polar surface area (TPSA) is 86.8 Å². The van der Waals surface area contributed by atoms with E-state index in [-0.39, 0.29) is 17.3 Å². The Morgan fingerprint density at radius 1 is 0.905 bits per heavy atom. The molecular weight excluding hydrogens is 547 g/mol. The second-order valence-corrected chi connectivity index (χ2v) is 10.0. The lowest BCUT2D eigenvalue weighted by molar-refractivity contribution is -0.137. The number of nitrogens with zero attached hydrogens (tertiary/aromatic N) is 3. The number of benzene rings is 3. The minimum absolute atomic E-state index is 0.0729. The molecule has 0 fully saturated rings. The Hall–Kier alpha value is -4.64. The van der Waals surface area contributed by atoms with Crippen LogP contribution in [0.3, 0.4) is 0 Å². The van der Waals surface area contributed by atoms with Gasteiger partial charge in [-0.05, 0) is 86.4 Å². The quantitative estimate of drug-likeness (QED) is 0.238. The molecule has 220 valence electrons. The number of hydrogen-bond donors (Lipinski definition) is 2. The summed E-state index contributed by atoms with van der Waals surface area (Å²) in [5.74, 6) is -0.0172. The maximum absolute atomic E-state index is 13.6. The van der Waals surface area contributed by atoms with Crippen molar-refractivity contribution in [1.29, 1.82) is 0 Å². The third kappa shape index (κ3) is 7.35. The molecule has 11 heteroatoms. The largest absolute Gasteiger partial charge is 0.457 e. The van der Waals surface area contributed by atoms with Crippen molar-refractivity contribution in [3.8, 4) is 11.5 Å². The molecule has 4 rings (SSSR count). The van der Waals surface area contributed by atoms with Crippen LogP contribution < -0.4 is 20.3 Å². The highest BCUT2D eigenvalue weighted by Crippen LogP contribution is 2.36. The molecule has 0 atom stereocenters. The molecule has 0 aliphatic rings. The molecule has 4 aromatic rings. The van der Waals surface area contributed by atoms with Crippen LogP contribution in [0, 0.1) is 0 Å². The first-order chi connectivity index (χ1) is 20.0. The predicted molar refractivity (Wildman–Crippen MR) is 157 cm³/mol. The number of nitrogens with one attached hydrogen (secondary N) is 2. The molecule has 0 bridgehead atoms.